The van der Waals surface area contributed by atoms with Gasteiger partial charge < -0.3 is 10.2 Å². The minimum atomic E-state index is -0.344. The summed E-state index contributed by atoms with van der Waals surface area (Å²) in [7, 11) is 1.44. The van der Waals surface area contributed by atoms with Gasteiger partial charge in [0.25, 0.3) is 11.8 Å². The second-order valence-corrected chi connectivity index (χ2v) is 5.75. The molecule has 0 aromatic heterocycles. The first-order chi connectivity index (χ1) is 11.4. The lowest BCUT2D eigenvalue weighted by atomic mass is 10.1. The molecular weight excluding hydrogens is 308 g/mol. The number of fused-ring (bicyclic) bond motifs is 1. The Hall–Kier alpha value is -2.88. The first kappa shape index (κ1) is 17.5. The van der Waals surface area contributed by atoms with Crippen LogP contribution in [-0.2, 0) is 4.79 Å². The minimum Gasteiger partial charge on any atom is -0.376 e. The van der Waals surface area contributed by atoms with Crippen molar-refractivity contribution in [2.24, 2.45) is 5.92 Å². The third-order valence-electron chi connectivity index (χ3n) is 3.98. The van der Waals surface area contributed by atoms with Crippen LogP contribution >= 0.6 is 0 Å². The molecule has 1 N–H and O–H groups in total. The number of hydrogen-bond acceptors (Lipinski definition) is 5. The van der Waals surface area contributed by atoms with E-state index in [1.165, 1.54) is 7.05 Å². The topological polar surface area (TPSA) is 93.5 Å². The molecule has 24 heavy (non-hydrogen) atoms. The molecule has 1 unspecified atom stereocenters. The van der Waals surface area contributed by atoms with Crippen molar-refractivity contribution in [2.45, 2.75) is 13.8 Å². The fourth-order valence-electron chi connectivity index (χ4n) is 2.54. The van der Waals surface area contributed by atoms with Crippen LogP contribution in [0.3, 0.4) is 0 Å². The summed E-state index contributed by atoms with van der Waals surface area (Å²) in [6.45, 7) is 4.59. The molecule has 2 rings (SSSR count). The van der Waals surface area contributed by atoms with Gasteiger partial charge in [-0.3, -0.25) is 19.3 Å². The predicted molar refractivity (Wildman–Crippen MR) is 88.4 cm³/mol. The zero-order chi connectivity index (χ0) is 17.9. The average molecular weight is 328 g/mol. The van der Waals surface area contributed by atoms with E-state index in [4.69, 9.17) is 5.26 Å². The normalized spacial score (nSPS) is 14.2. The van der Waals surface area contributed by atoms with E-state index >= 15 is 0 Å². The molecular formula is C17H20N4O3. The Kier molecular flexibility index (Phi) is 5.19. The summed E-state index contributed by atoms with van der Waals surface area (Å²) in [5, 5.41) is 11.8. The van der Waals surface area contributed by atoms with Crippen LogP contribution in [0.5, 0.6) is 0 Å². The highest BCUT2D eigenvalue weighted by atomic mass is 16.2. The van der Waals surface area contributed by atoms with Crippen LogP contribution in [-0.4, -0.2) is 54.2 Å². The van der Waals surface area contributed by atoms with E-state index in [1.807, 2.05) is 6.92 Å². The van der Waals surface area contributed by atoms with Gasteiger partial charge in [0.05, 0.1) is 29.7 Å². The summed E-state index contributed by atoms with van der Waals surface area (Å²) in [6, 6.07) is 6.95. The number of amides is 3. The van der Waals surface area contributed by atoms with Crippen LogP contribution in [0.25, 0.3) is 0 Å². The number of benzene rings is 1. The Morgan fingerprint density at radius 3 is 2.62 bits per heavy atom. The first-order valence-electron chi connectivity index (χ1n) is 7.76. The Morgan fingerprint density at radius 1 is 1.33 bits per heavy atom. The third-order valence-corrected chi connectivity index (χ3v) is 3.98. The monoisotopic (exact) mass is 328 g/mol. The van der Waals surface area contributed by atoms with Crippen molar-refractivity contribution in [1.29, 1.82) is 5.26 Å². The van der Waals surface area contributed by atoms with Gasteiger partial charge in [-0.25, -0.2) is 0 Å². The van der Waals surface area contributed by atoms with E-state index in [-0.39, 0.29) is 30.2 Å². The highest BCUT2D eigenvalue weighted by molar-refractivity contribution is 6.21. The quantitative estimate of drug-likeness (QED) is 0.795. The molecule has 7 heteroatoms. The van der Waals surface area contributed by atoms with Gasteiger partial charge in [-0.15, -0.1) is 0 Å². The molecule has 126 valence electrons. The molecule has 1 heterocycles. The molecule has 0 fully saturated rings. The zero-order valence-corrected chi connectivity index (χ0v) is 14.0. The van der Waals surface area contributed by atoms with Crippen molar-refractivity contribution < 1.29 is 14.4 Å². The zero-order valence-electron chi connectivity index (χ0n) is 14.0. The van der Waals surface area contributed by atoms with E-state index in [0.29, 0.717) is 29.9 Å². The SMILES string of the molecule is CCN(CC(C)C#N)C(=O)CNc1ccc2c(c1)C(=O)N(C)C2=O. The summed E-state index contributed by atoms with van der Waals surface area (Å²) >= 11 is 0. The number of anilines is 1. The first-order valence-corrected chi connectivity index (χ1v) is 7.76. The van der Waals surface area contributed by atoms with E-state index in [1.54, 1.807) is 30.0 Å². The number of hydrogen-bond donors (Lipinski definition) is 1. The molecule has 0 spiro atoms. The van der Waals surface area contributed by atoms with Crippen LogP contribution in [0.4, 0.5) is 5.69 Å². The molecule has 0 saturated heterocycles. The number of imide groups is 1. The van der Waals surface area contributed by atoms with Crippen LogP contribution in [0.2, 0.25) is 0 Å². The predicted octanol–water partition coefficient (Wildman–Crippen LogP) is 1.33. The fraction of sp³-hybridized carbons (Fsp3) is 0.412. The third kappa shape index (κ3) is 3.38. The molecule has 1 aliphatic heterocycles. The van der Waals surface area contributed by atoms with Crippen molar-refractivity contribution in [2.75, 3.05) is 32.0 Å². The van der Waals surface area contributed by atoms with Crippen molar-refractivity contribution in [1.82, 2.24) is 9.80 Å². The number of rotatable bonds is 6. The summed E-state index contributed by atoms with van der Waals surface area (Å²) in [5.41, 5.74) is 1.31. The Bertz CT molecular complexity index is 723. The average Bonchev–Trinajstić information content (AvgIpc) is 2.81. The lowest BCUT2D eigenvalue weighted by molar-refractivity contribution is -0.129. The lowest BCUT2D eigenvalue weighted by Gasteiger charge is -2.22. The Morgan fingerprint density at radius 2 is 2.00 bits per heavy atom. The van der Waals surface area contributed by atoms with Crippen LogP contribution in [0, 0.1) is 17.2 Å². The van der Waals surface area contributed by atoms with Crippen LogP contribution in [0.15, 0.2) is 18.2 Å². The van der Waals surface area contributed by atoms with E-state index in [2.05, 4.69) is 11.4 Å². The molecule has 1 atom stereocenters. The highest BCUT2D eigenvalue weighted by Gasteiger charge is 2.32. The van der Waals surface area contributed by atoms with Gasteiger partial charge in [0.2, 0.25) is 5.91 Å². The molecule has 1 aromatic carbocycles. The highest BCUT2D eigenvalue weighted by Crippen LogP contribution is 2.24. The van der Waals surface area contributed by atoms with Gasteiger partial charge >= 0.3 is 0 Å². The van der Waals surface area contributed by atoms with Crippen LogP contribution < -0.4 is 5.32 Å². The molecule has 1 aromatic rings. The number of nitrogens with one attached hydrogen (secondary N) is 1. The van der Waals surface area contributed by atoms with Gasteiger partial charge in [-0.2, -0.15) is 5.26 Å². The number of nitriles is 1. The maximum Gasteiger partial charge on any atom is 0.261 e. The van der Waals surface area contributed by atoms with Crippen molar-refractivity contribution in [3.63, 3.8) is 0 Å². The smallest absolute Gasteiger partial charge is 0.261 e. The molecule has 0 saturated carbocycles. The second kappa shape index (κ2) is 7.13. The molecule has 0 bridgehead atoms. The van der Waals surface area contributed by atoms with Gasteiger partial charge in [0, 0.05) is 25.8 Å². The van der Waals surface area contributed by atoms with Crippen molar-refractivity contribution in [3.8, 4) is 6.07 Å². The lowest BCUT2D eigenvalue weighted by Crippen LogP contribution is -2.38. The van der Waals surface area contributed by atoms with Gasteiger partial charge in [0.1, 0.15) is 0 Å². The standard InChI is InChI=1S/C17H20N4O3/c1-4-21(10-11(2)8-18)15(22)9-19-12-5-6-13-14(7-12)17(24)20(3)16(13)23/h5-7,11,19H,4,9-10H2,1-3H3. The number of nitrogens with zero attached hydrogens (tertiary/aromatic N) is 3. The number of carbonyl (C=O) groups excluding carboxylic acids is 3. The number of likely N-dealkylation sites (N-methyl/N-ethyl adjacent to an activating group) is 1. The molecule has 7 nitrogen and oxygen atoms in total. The van der Waals surface area contributed by atoms with Crippen molar-refractivity contribution >= 4 is 23.4 Å². The summed E-state index contributed by atoms with van der Waals surface area (Å²) in [5.74, 6) is -1.02. The number of carbonyl (C=O) groups is 3. The second-order valence-electron chi connectivity index (χ2n) is 5.75. The summed E-state index contributed by atoms with van der Waals surface area (Å²) in [4.78, 5) is 38.7. The van der Waals surface area contributed by atoms with Gasteiger partial charge in [-0.05, 0) is 32.0 Å². The molecule has 0 radical (unpaired) electrons. The van der Waals surface area contributed by atoms with Crippen LogP contribution in [0.1, 0.15) is 34.6 Å². The maximum absolute atomic E-state index is 12.2. The largest absolute Gasteiger partial charge is 0.376 e. The summed E-state index contributed by atoms with van der Waals surface area (Å²) < 4.78 is 0. The summed E-state index contributed by atoms with van der Waals surface area (Å²) in [6.07, 6.45) is 0. The molecule has 3 amide bonds. The van der Waals surface area contributed by atoms with E-state index in [9.17, 15) is 14.4 Å². The van der Waals surface area contributed by atoms with Gasteiger partial charge in [-0.1, -0.05) is 0 Å². The molecule has 0 aliphatic carbocycles. The molecule has 1 aliphatic rings. The minimum absolute atomic E-state index is 0.0583. The van der Waals surface area contributed by atoms with Gasteiger partial charge in [0.15, 0.2) is 0 Å². The van der Waals surface area contributed by atoms with Crippen molar-refractivity contribution in [3.05, 3.63) is 29.3 Å². The van der Waals surface area contributed by atoms with E-state index < -0.39 is 0 Å². The Balaban J connectivity index is 2.03. The Labute approximate surface area is 140 Å². The van der Waals surface area contributed by atoms with E-state index in [0.717, 1.165) is 4.90 Å². The fourth-order valence-corrected chi connectivity index (χ4v) is 2.54. The maximum atomic E-state index is 12.2.